The van der Waals surface area contributed by atoms with Gasteiger partial charge >= 0.3 is 0 Å². The van der Waals surface area contributed by atoms with Crippen molar-refractivity contribution in [3.8, 4) is 0 Å². The van der Waals surface area contributed by atoms with Crippen LogP contribution in [0.5, 0.6) is 0 Å². The van der Waals surface area contributed by atoms with E-state index in [4.69, 9.17) is 11.6 Å². The normalized spacial score (nSPS) is 13.0. The van der Waals surface area contributed by atoms with Gasteiger partial charge in [0.2, 0.25) is 0 Å². The predicted molar refractivity (Wildman–Crippen MR) is 115 cm³/mol. The van der Waals surface area contributed by atoms with Crippen molar-refractivity contribution in [2.75, 3.05) is 5.32 Å². The molecule has 0 atom stereocenters. The summed E-state index contributed by atoms with van der Waals surface area (Å²) in [6, 6.07) is 12.2. The van der Waals surface area contributed by atoms with Gasteiger partial charge in [-0.2, -0.15) is 0 Å². The molecule has 0 fully saturated rings. The van der Waals surface area contributed by atoms with Crippen LogP contribution in [-0.4, -0.2) is 27.6 Å². The van der Waals surface area contributed by atoms with Gasteiger partial charge < -0.3 is 5.32 Å². The van der Waals surface area contributed by atoms with Crippen molar-refractivity contribution in [3.63, 3.8) is 0 Å². The number of nitrogens with zero attached hydrogens (tertiary/aromatic N) is 2. The van der Waals surface area contributed by atoms with Crippen molar-refractivity contribution >= 4 is 69.1 Å². The number of fused-ring (bicyclic) bond motifs is 1. The number of thiophene rings is 1. The van der Waals surface area contributed by atoms with E-state index in [9.17, 15) is 14.4 Å². The van der Waals surface area contributed by atoms with Gasteiger partial charge in [-0.3, -0.25) is 19.3 Å². The third-order valence-corrected chi connectivity index (χ3v) is 6.05. The summed E-state index contributed by atoms with van der Waals surface area (Å²) in [7, 11) is 0. The number of pyridine rings is 1. The van der Waals surface area contributed by atoms with Gasteiger partial charge in [-0.1, -0.05) is 23.7 Å². The zero-order valence-electron chi connectivity index (χ0n) is 14.1. The Hall–Kier alpha value is -2.30. The van der Waals surface area contributed by atoms with Crippen LogP contribution in [-0.2, 0) is 6.54 Å². The maximum absolute atomic E-state index is 12.9. The number of anilines is 1. The first kappa shape index (κ1) is 19.0. The van der Waals surface area contributed by atoms with Crippen LogP contribution in [0, 0.1) is 3.57 Å². The molecule has 3 heterocycles. The molecule has 0 saturated heterocycles. The van der Waals surface area contributed by atoms with E-state index >= 15 is 0 Å². The molecule has 6 nitrogen and oxygen atoms in total. The topological polar surface area (TPSA) is 79.4 Å². The van der Waals surface area contributed by atoms with E-state index in [0.29, 0.717) is 9.21 Å². The summed E-state index contributed by atoms with van der Waals surface area (Å²) in [4.78, 5) is 43.8. The van der Waals surface area contributed by atoms with Crippen LogP contribution in [0.3, 0.4) is 0 Å². The van der Waals surface area contributed by atoms with E-state index in [1.54, 1.807) is 12.1 Å². The van der Waals surface area contributed by atoms with Crippen LogP contribution in [0.4, 0.5) is 5.82 Å². The third kappa shape index (κ3) is 3.54. The first-order valence-corrected chi connectivity index (χ1v) is 10.4. The molecule has 0 radical (unpaired) electrons. The van der Waals surface area contributed by atoms with Crippen molar-refractivity contribution in [3.05, 3.63) is 78.1 Å². The molecule has 1 aliphatic rings. The minimum Gasteiger partial charge on any atom is -0.305 e. The summed E-state index contributed by atoms with van der Waals surface area (Å²) >= 11 is 9.16. The molecule has 2 aromatic heterocycles. The fourth-order valence-electron chi connectivity index (χ4n) is 2.89. The fourth-order valence-corrected chi connectivity index (χ4v) is 4.44. The van der Waals surface area contributed by atoms with E-state index in [0.717, 1.165) is 25.4 Å². The number of carbonyl (C=O) groups excluding carboxylic acids is 3. The number of benzene rings is 1. The minimum absolute atomic E-state index is 0.0653. The van der Waals surface area contributed by atoms with E-state index in [1.807, 2.05) is 24.3 Å². The molecule has 1 N–H and O–H groups in total. The van der Waals surface area contributed by atoms with Crippen molar-refractivity contribution in [2.24, 2.45) is 0 Å². The molecule has 0 spiro atoms. The maximum Gasteiger partial charge on any atom is 0.266 e. The summed E-state index contributed by atoms with van der Waals surface area (Å²) in [6.07, 6.45) is 1.40. The number of imide groups is 1. The highest BCUT2D eigenvalue weighted by molar-refractivity contribution is 14.1. The summed E-state index contributed by atoms with van der Waals surface area (Å²) in [5, 5.41) is 2.62. The van der Waals surface area contributed by atoms with Crippen LogP contribution in [0.1, 0.15) is 36.0 Å². The molecule has 3 aromatic rings. The number of hydrogen-bond acceptors (Lipinski definition) is 5. The second-order valence-electron chi connectivity index (χ2n) is 5.97. The first-order chi connectivity index (χ1) is 13.4. The van der Waals surface area contributed by atoms with E-state index in [1.165, 1.54) is 12.3 Å². The van der Waals surface area contributed by atoms with Crippen molar-refractivity contribution in [1.82, 2.24) is 9.88 Å². The lowest BCUT2D eigenvalue weighted by Gasteiger charge is -2.14. The van der Waals surface area contributed by atoms with Gasteiger partial charge in [-0.05, 0) is 58.5 Å². The highest BCUT2D eigenvalue weighted by Gasteiger charge is 2.38. The van der Waals surface area contributed by atoms with Crippen molar-refractivity contribution in [2.45, 2.75) is 6.54 Å². The maximum atomic E-state index is 12.9. The Kier molecular flexibility index (Phi) is 5.17. The molecule has 0 unspecified atom stereocenters. The number of nitrogens with one attached hydrogen (secondary N) is 1. The largest absolute Gasteiger partial charge is 0.305 e. The van der Waals surface area contributed by atoms with Crippen LogP contribution in [0.2, 0.25) is 4.34 Å². The van der Waals surface area contributed by atoms with Gasteiger partial charge in [0, 0.05) is 9.77 Å². The molecule has 0 bridgehead atoms. The number of carbonyl (C=O) groups is 3. The minimum atomic E-state index is -0.480. The number of rotatable bonds is 4. The molecule has 28 heavy (non-hydrogen) atoms. The van der Waals surface area contributed by atoms with Gasteiger partial charge in [-0.25, -0.2) is 4.98 Å². The van der Waals surface area contributed by atoms with Crippen LogP contribution < -0.4 is 5.32 Å². The Labute approximate surface area is 182 Å². The van der Waals surface area contributed by atoms with Crippen LogP contribution in [0.25, 0.3) is 0 Å². The zero-order chi connectivity index (χ0) is 19.8. The Morgan fingerprint density at radius 2 is 2.00 bits per heavy atom. The Balaban J connectivity index is 1.63. The van der Waals surface area contributed by atoms with E-state index < -0.39 is 17.7 Å². The molecule has 0 aliphatic carbocycles. The molecule has 9 heteroatoms. The predicted octanol–water partition coefficient (Wildman–Crippen LogP) is 4.45. The average Bonchev–Trinajstić information content (AvgIpc) is 3.20. The molecule has 1 aliphatic heterocycles. The Morgan fingerprint density at radius 3 is 2.71 bits per heavy atom. The molecular weight excluding hydrogens is 513 g/mol. The molecular formula is C19H11ClIN3O3S. The SMILES string of the molecule is O=C(Nc1nccc2c1C(=O)N(Cc1cccc(I)c1)C2=O)c1ccc(Cl)s1. The molecule has 3 amide bonds. The van der Waals surface area contributed by atoms with Gasteiger partial charge in [-0.15, -0.1) is 11.3 Å². The van der Waals surface area contributed by atoms with Crippen molar-refractivity contribution in [1.29, 1.82) is 0 Å². The second kappa shape index (κ2) is 7.61. The Bertz CT molecular complexity index is 1130. The Morgan fingerprint density at radius 1 is 1.18 bits per heavy atom. The lowest BCUT2D eigenvalue weighted by atomic mass is 10.1. The number of halogens is 2. The summed E-state index contributed by atoms with van der Waals surface area (Å²) in [6.45, 7) is 0.150. The standard InChI is InChI=1S/C19H11ClIN3O3S/c20-14-5-4-13(28-14)17(25)23-16-15-12(6-7-22-16)18(26)24(19(15)27)9-10-2-1-3-11(21)8-10/h1-8H,9H2,(H,22,23,25). The fraction of sp³-hybridized carbons (Fsp3) is 0.0526. The first-order valence-electron chi connectivity index (χ1n) is 8.10. The van der Waals surface area contributed by atoms with Gasteiger partial charge in [0.25, 0.3) is 17.7 Å². The van der Waals surface area contributed by atoms with Gasteiger partial charge in [0.05, 0.1) is 26.9 Å². The number of amides is 3. The zero-order valence-corrected chi connectivity index (χ0v) is 17.8. The van der Waals surface area contributed by atoms with Crippen LogP contribution >= 0.6 is 45.5 Å². The van der Waals surface area contributed by atoms with E-state index in [-0.39, 0.29) is 23.5 Å². The van der Waals surface area contributed by atoms with Crippen molar-refractivity contribution < 1.29 is 14.4 Å². The number of hydrogen-bond donors (Lipinski definition) is 1. The smallest absolute Gasteiger partial charge is 0.266 e. The highest BCUT2D eigenvalue weighted by Crippen LogP contribution is 2.30. The summed E-state index contributed by atoms with van der Waals surface area (Å²) < 4.78 is 1.49. The number of aromatic nitrogens is 1. The monoisotopic (exact) mass is 523 g/mol. The van der Waals surface area contributed by atoms with Gasteiger partial charge in [0.1, 0.15) is 5.82 Å². The lowest BCUT2D eigenvalue weighted by molar-refractivity contribution is 0.0642. The quantitative estimate of drug-likeness (QED) is 0.405. The summed E-state index contributed by atoms with van der Waals surface area (Å²) in [5.74, 6) is -1.26. The van der Waals surface area contributed by atoms with Crippen LogP contribution in [0.15, 0.2) is 48.7 Å². The van der Waals surface area contributed by atoms with Gasteiger partial charge in [0.15, 0.2) is 0 Å². The third-order valence-electron chi connectivity index (χ3n) is 4.14. The molecule has 1 aromatic carbocycles. The molecule has 0 saturated carbocycles. The highest BCUT2D eigenvalue weighted by atomic mass is 127. The lowest BCUT2D eigenvalue weighted by Crippen LogP contribution is -2.29. The average molecular weight is 524 g/mol. The summed E-state index contributed by atoms with van der Waals surface area (Å²) in [5.41, 5.74) is 1.17. The second-order valence-corrected chi connectivity index (χ2v) is 8.93. The molecule has 140 valence electrons. The van der Waals surface area contributed by atoms with E-state index in [2.05, 4.69) is 32.9 Å². The molecule has 4 rings (SSSR count).